The molecule has 0 saturated carbocycles. The Balaban J connectivity index is 4.12. The van der Waals surface area contributed by atoms with Crippen LogP contribution in [0.25, 0.3) is 0 Å². The maximum Gasteiger partial charge on any atom is 0.311 e. The lowest BCUT2D eigenvalue weighted by atomic mass is 9.87. The average molecular weight is 215 g/mol. The molecule has 0 aromatic heterocycles. The minimum Gasteiger partial charge on any atom is -0.481 e. The van der Waals surface area contributed by atoms with Crippen molar-refractivity contribution in [1.82, 2.24) is 5.32 Å². The van der Waals surface area contributed by atoms with E-state index in [1.165, 1.54) is 0 Å². The second-order valence-corrected chi connectivity index (χ2v) is 4.59. The monoisotopic (exact) mass is 215 g/mol. The summed E-state index contributed by atoms with van der Waals surface area (Å²) in [5.41, 5.74) is -0.855. The molecule has 0 rings (SSSR count). The minimum atomic E-state index is -0.866. The lowest BCUT2D eigenvalue weighted by molar-refractivity contribution is -0.148. The number of aliphatic carboxylic acids is 1. The fourth-order valence-electron chi connectivity index (χ4n) is 1.09. The molecule has 0 fully saturated rings. The molecule has 1 atom stereocenters. The smallest absolute Gasteiger partial charge is 0.311 e. The summed E-state index contributed by atoms with van der Waals surface area (Å²) in [6, 6.07) is 0. The standard InChI is InChI=1S/C11H21NO3/c1-5-11(4,10(14)15)7-12-9(13)6-8(2)3/h8H,5-7H2,1-4H3,(H,12,13)(H,14,15). The molecule has 0 heterocycles. The van der Waals surface area contributed by atoms with Crippen molar-refractivity contribution in [3.05, 3.63) is 0 Å². The van der Waals surface area contributed by atoms with Crippen LogP contribution in [-0.4, -0.2) is 23.5 Å². The fraction of sp³-hybridized carbons (Fsp3) is 0.818. The topological polar surface area (TPSA) is 66.4 Å². The van der Waals surface area contributed by atoms with Gasteiger partial charge in [-0.15, -0.1) is 0 Å². The molecule has 0 aromatic rings. The van der Waals surface area contributed by atoms with Gasteiger partial charge in [0, 0.05) is 13.0 Å². The van der Waals surface area contributed by atoms with Gasteiger partial charge in [0.2, 0.25) is 5.91 Å². The van der Waals surface area contributed by atoms with Crippen molar-refractivity contribution in [3.63, 3.8) is 0 Å². The quantitative estimate of drug-likeness (QED) is 0.708. The van der Waals surface area contributed by atoms with Crippen LogP contribution in [0.4, 0.5) is 0 Å². The van der Waals surface area contributed by atoms with Crippen molar-refractivity contribution >= 4 is 11.9 Å². The summed E-state index contributed by atoms with van der Waals surface area (Å²) in [6.07, 6.45) is 0.948. The molecule has 4 nitrogen and oxygen atoms in total. The minimum absolute atomic E-state index is 0.0778. The van der Waals surface area contributed by atoms with Gasteiger partial charge in [-0.2, -0.15) is 0 Å². The Kier molecular flexibility index (Phi) is 5.33. The highest BCUT2D eigenvalue weighted by atomic mass is 16.4. The van der Waals surface area contributed by atoms with Crippen LogP contribution < -0.4 is 5.32 Å². The first-order valence-electron chi connectivity index (χ1n) is 5.32. The Morgan fingerprint density at radius 2 is 1.93 bits per heavy atom. The van der Waals surface area contributed by atoms with Crippen LogP contribution in [0.5, 0.6) is 0 Å². The van der Waals surface area contributed by atoms with E-state index in [1.807, 2.05) is 20.8 Å². The largest absolute Gasteiger partial charge is 0.481 e. The summed E-state index contributed by atoms with van der Waals surface area (Å²) in [5.74, 6) is -0.650. The Labute approximate surface area is 91.1 Å². The zero-order valence-electron chi connectivity index (χ0n) is 9.96. The van der Waals surface area contributed by atoms with E-state index in [0.717, 1.165) is 0 Å². The molecule has 0 aromatic carbocycles. The number of hydrogen-bond donors (Lipinski definition) is 2. The molecule has 88 valence electrons. The van der Waals surface area contributed by atoms with E-state index in [9.17, 15) is 9.59 Å². The lowest BCUT2D eigenvalue weighted by Gasteiger charge is -2.23. The van der Waals surface area contributed by atoms with Crippen molar-refractivity contribution in [1.29, 1.82) is 0 Å². The third kappa shape index (κ3) is 4.81. The summed E-state index contributed by atoms with van der Waals surface area (Å²) in [6.45, 7) is 7.56. The van der Waals surface area contributed by atoms with Gasteiger partial charge in [-0.3, -0.25) is 9.59 Å². The molecule has 1 amide bonds. The van der Waals surface area contributed by atoms with Gasteiger partial charge in [0.1, 0.15) is 0 Å². The molecule has 0 aliphatic carbocycles. The Morgan fingerprint density at radius 3 is 2.27 bits per heavy atom. The third-order valence-corrected chi connectivity index (χ3v) is 2.57. The molecule has 0 radical (unpaired) electrons. The van der Waals surface area contributed by atoms with E-state index in [0.29, 0.717) is 18.8 Å². The molecule has 1 unspecified atom stereocenters. The number of nitrogens with one attached hydrogen (secondary N) is 1. The fourth-order valence-corrected chi connectivity index (χ4v) is 1.09. The Bertz CT molecular complexity index is 238. The van der Waals surface area contributed by atoms with Crippen molar-refractivity contribution in [2.24, 2.45) is 11.3 Å². The summed E-state index contributed by atoms with van der Waals surface area (Å²) >= 11 is 0. The molecular weight excluding hydrogens is 194 g/mol. The highest BCUT2D eigenvalue weighted by Gasteiger charge is 2.31. The first kappa shape index (κ1) is 13.9. The number of carbonyl (C=O) groups is 2. The van der Waals surface area contributed by atoms with Crippen LogP contribution in [0, 0.1) is 11.3 Å². The van der Waals surface area contributed by atoms with E-state index in [1.54, 1.807) is 6.92 Å². The van der Waals surface area contributed by atoms with Crippen molar-refractivity contribution in [3.8, 4) is 0 Å². The van der Waals surface area contributed by atoms with E-state index in [4.69, 9.17) is 5.11 Å². The molecule has 4 heteroatoms. The van der Waals surface area contributed by atoms with Crippen LogP contribution >= 0.6 is 0 Å². The summed E-state index contributed by atoms with van der Waals surface area (Å²) in [4.78, 5) is 22.3. The third-order valence-electron chi connectivity index (χ3n) is 2.57. The number of carboxylic acids is 1. The van der Waals surface area contributed by atoms with Gasteiger partial charge in [0.05, 0.1) is 5.41 Å². The zero-order chi connectivity index (χ0) is 12.1. The van der Waals surface area contributed by atoms with Crippen molar-refractivity contribution < 1.29 is 14.7 Å². The van der Waals surface area contributed by atoms with Crippen molar-refractivity contribution in [2.45, 2.75) is 40.5 Å². The number of hydrogen-bond acceptors (Lipinski definition) is 2. The maximum absolute atomic E-state index is 11.3. The Morgan fingerprint density at radius 1 is 1.40 bits per heavy atom. The highest BCUT2D eigenvalue weighted by Crippen LogP contribution is 2.19. The molecule has 0 aliphatic heterocycles. The van der Waals surface area contributed by atoms with Crippen LogP contribution in [0.3, 0.4) is 0 Å². The second-order valence-electron chi connectivity index (χ2n) is 4.59. The Hall–Kier alpha value is -1.06. The van der Waals surface area contributed by atoms with E-state index < -0.39 is 11.4 Å². The first-order chi connectivity index (χ1) is 6.81. The normalized spacial score (nSPS) is 14.7. The lowest BCUT2D eigenvalue weighted by Crippen LogP contribution is -2.40. The highest BCUT2D eigenvalue weighted by molar-refractivity contribution is 5.78. The maximum atomic E-state index is 11.3. The van der Waals surface area contributed by atoms with Crippen LogP contribution in [0.2, 0.25) is 0 Å². The van der Waals surface area contributed by atoms with Gasteiger partial charge in [0.25, 0.3) is 0 Å². The molecule has 0 spiro atoms. The summed E-state index contributed by atoms with van der Waals surface area (Å²) < 4.78 is 0. The molecule has 0 saturated heterocycles. The number of rotatable bonds is 6. The molecule has 2 N–H and O–H groups in total. The van der Waals surface area contributed by atoms with E-state index in [2.05, 4.69) is 5.32 Å². The molecule has 0 aliphatic rings. The van der Waals surface area contributed by atoms with Crippen molar-refractivity contribution in [2.75, 3.05) is 6.54 Å². The number of amides is 1. The average Bonchev–Trinajstić information content (AvgIpc) is 2.12. The van der Waals surface area contributed by atoms with Gasteiger partial charge in [-0.1, -0.05) is 20.8 Å². The number of carbonyl (C=O) groups excluding carboxylic acids is 1. The summed E-state index contributed by atoms with van der Waals surface area (Å²) in [7, 11) is 0. The summed E-state index contributed by atoms with van der Waals surface area (Å²) in [5, 5.41) is 11.6. The predicted molar refractivity (Wildman–Crippen MR) is 58.5 cm³/mol. The van der Waals surface area contributed by atoms with Gasteiger partial charge >= 0.3 is 5.97 Å². The van der Waals surface area contributed by atoms with Gasteiger partial charge in [-0.25, -0.2) is 0 Å². The van der Waals surface area contributed by atoms with E-state index in [-0.39, 0.29) is 12.5 Å². The van der Waals surface area contributed by atoms with Gasteiger partial charge in [0.15, 0.2) is 0 Å². The van der Waals surface area contributed by atoms with Gasteiger partial charge < -0.3 is 10.4 Å². The first-order valence-corrected chi connectivity index (χ1v) is 5.32. The van der Waals surface area contributed by atoms with Crippen LogP contribution in [0.15, 0.2) is 0 Å². The second kappa shape index (κ2) is 5.73. The zero-order valence-corrected chi connectivity index (χ0v) is 9.96. The van der Waals surface area contributed by atoms with Crippen LogP contribution in [0.1, 0.15) is 40.5 Å². The molecule has 0 bridgehead atoms. The molecular formula is C11H21NO3. The van der Waals surface area contributed by atoms with Gasteiger partial charge in [-0.05, 0) is 19.3 Å². The van der Waals surface area contributed by atoms with E-state index >= 15 is 0 Å². The van der Waals surface area contributed by atoms with Crippen LogP contribution in [-0.2, 0) is 9.59 Å². The predicted octanol–water partition coefficient (Wildman–Crippen LogP) is 1.65. The SMILES string of the molecule is CCC(C)(CNC(=O)CC(C)C)C(=O)O. The molecule has 15 heavy (non-hydrogen) atoms. The number of carboxylic acid groups (broad SMARTS) is 1.